The van der Waals surface area contributed by atoms with Crippen LogP contribution in [-0.2, 0) is 0 Å². The number of hydrogen-bond acceptors (Lipinski definition) is 5. The van der Waals surface area contributed by atoms with Gasteiger partial charge in [0.1, 0.15) is 0 Å². The van der Waals surface area contributed by atoms with E-state index in [4.69, 9.17) is 0 Å². The van der Waals surface area contributed by atoms with Gasteiger partial charge < -0.3 is 5.21 Å². The Kier molecular flexibility index (Phi) is 1.22. The lowest BCUT2D eigenvalue weighted by Crippen LogP contribution is -2.41. The minimum absolute atomic E-state index is 0.188. The quantitative estimate of drug-likeness (QED) is 0.250. The van der Waals surface area contributed by atoms with Gasteiger partial charge in [-0.25, -0.2) is 10.3 Å². The second kappa shape index (κ2) is 1.73. The van der Waals surface area contributed by atoms with Crippen molar-refractivity contribution in [2.45, 2.75) is 0 Å². The van der Waals surface area contributed by atoms with Crippen LogP contribution in [0.5, 0.6) is 0 Å². The molecule has 1 fully saturated rings. The molecule has 0 radical (unpaired) electrons. The Balaban J connectivity index is 1.97. The molecule has 0 aromatic rings. The Morgan fingerprint density at radius 3 is 2.43 bits per heavy atom. The molecule has 0 bridgehead atoms. The molecular weight excluding hydrogens is 96.0 g/mol. The highest BCUT2D eigenvalue weighted by Crippen LogP contribution is 1.94. The van der Waals surface area contributed by atoms with E-state index in [1.165, 1.54) is 0 Å². The summed E-state index contributed by atoms with van der Waals surface area (Å²) in [7, 11) is 0. The SMILES string of the molecule is NN([O-])NN1CC1. The zero-order valence-corrected chi connectivity index (χ0v) is 3.79. The fourth-order valence-electron chi connectivity index (χ4n) is 0.289. The lowest BCUT2D eigenvalue weighted by atomic mass is 11.0. The first-order chi connectivity index (χ1) is 3.29. The maximum atomic E-state index is 9.84. The van der Waals surface area contributed by atoms with E-state index in [9.17, 15) is 5.21 Å². The summed E-state index contributed by atoms with van der Waals surface area (Å²) in [6.45, 7) is 1.83. The van der Waals surface area contributed by atoms with Gasteiger partial charge in [0.25, 0.3) is 0 Å². The molecule has 0 atom stereocenters. The lowest BCUT2D eigenvalue weighted by Gasteiger charge is -2.21. The third kappa shape index (κ3) is 1.81. The van der Waals surface area contributed by atoms with Gasteiger partial charge in [0.2, 0.25) is 0 Å². The molecule has 1 aliphatic heterocycles. The van der Waals surface area contributed by atoms with Crippen molar-refractivity contribution < 1.29 is 0 Å². The zero-order chi connectivity index (χ0) is 5.28. The third-order valence-corrected chi connectivity index (χ3v) is 0.687. The van der Waals surface area contributed by atoms with Crippen LogP contribution in [0, 0.1) is 5.21 Å². The number of nitrogens with one attached hydrogen (secondary N) is 1. The van der Waals surface area contributed by atoms with E-state index in [1.54, 1.807) is 5.01 Å². The van der Waals surface area contributed by atoms with Crippen molar-refractivity contribution in [1.82, 2.24) is 15.8 Å². The average Bonchev–Trinajstić information content (AvgIpc) is 2.17. The number of hydrogen-bond donors (Lipinski definition) is 2. The van der Waals surface area contributed by atoms with E-state index in [1.807, 2.05) is 0 Å². The number of rotatable bonds is 2. The van der Waals surface area contributed by atoms with Gasteiger partial charge in [0.05, 0.1) is 0 Å². The molecule has 3 N–H and O–H groups in total. The van der Waals surface area contributed by atoms with Gasteiger partial charge in [0, 0.05) is 13.1 Å². The summed E-state index contributed by atoms with van der Waals surface area (Å²) in [5.74, 6) is 4.66. The lowest BCUT2D eigenvalue weighted by molar-refractivity contribution is 0.161. The molecule has 1 aliphatic rings. The van der Waals surface area contributed by atoms with Crippen LogP contribution < -0.4 is 11.4 Å². The normalized spacial score (nSPS) is 21.0. The monoisotopic (exact) mass is 103 g/mol. The van der Waals surface area contributed by atoms with Crippen LogP contribution >= 0.6 is 0 Å². The van der Waals surface area contributed by atoms with Gasteiger partial charge in [0.15, 0.2) is 0 Å². The molecule has 1 rings (SSSR count). The Hall–Kier alpha value is -0.200. The van der Waals surface area contributed by atoms with Crippen LogP contribution in [0.1, 0.15) is 0 Å². The Morgan fingerprint density at radius 2 is 2.29 bits per heavy atom. The van der Waals surface area contributed by atoms with Crippen molar-refractivity contribution in [3.8, 4) is 0 Å². The highest BCUT2D eigenvalue weighted by Gasteiger charge is 2.15. The predicted octanol–water partition coefficient (Wildman–Crippen LogP) is -1.60. The van der Waals surface area contributed by atoms with Gasteiger partial charge in [-0.3, -0.25) is 5.84 Å². The summed E-state index contributed by atoms with van der Waals surface area (Å²) in [6.07, 6.45) is 0. The second-order valence-corrected chi connectivity index (χ2v) is 1.41. The van der Waals surface area contributed by atoms with E-state index in [0.29, 0.717) is 0 Å². The minimum atomic E-state index is 0.188. The molecule has 5 heteroatoms. The van der Waals surface area contributed by atoms with Crippen molar-refractivity contribution >= 4 is 0 Å². The molecule has 1 heterocycles. The second-order valence-electron chi connectivity index (χ2n) is 1.41. The maximum absolute atomic E-state index is 9.84. The first-order valence-corrected chi connectivity index (χ1v) is 2.02. The molecule has 0 aromatic heterocycles. The molecule has 5 nitrogen and oxygen atoms in total. The van der Waals surface area contributed by atoms with Crippen LogP contribution in [0.25, 0.3) is 0 Å². The van der Waals surface area contributed by atoms with Crippen LogP contribution in [0.4, 0.5) is 0 Å². The van der Waals surface area contributed by atoms with E-state index < -0.39 is 0 Å². The molecule has 0 spiro atoms. The molecule has 0 amide bonds. The Labute approximate surface area is 41.2 Å². The highest BCUT2D eigenvalue weighted by atomic mass is 16.6. The van der Waals surface area contributed by atoms with E-state index in [-0.39, 0.29) is 5.28 Å². The molecule has 1 saturated heterocycles. The number of hydrazine groups is 3. The minimum Gasteiger partial charge on any atom is -0.757 e. The highest BCUT2D eigenvalue weighted by molar-refractivity contribution is 4.64. The molecule has 42 valence electrons. The molecule has 0 unspecified atom stereocenters. The number of nitrogens with zero attached hydrogens (tertiary/aromatic N) is 2. The van der Waals surface area contributed by atoms with E-state index >= 15 is 0 Å². The van der Waals surface area contributed by atoms with Gasteiger partial charge in [-0.2, -0.15) is 5.53 Å². The Bertz CT molecular complexity index is 60.7. The van der Waals surface area contributed by atoms with Crippen LogP contribution in [0.2, 0.25) is 0 Å². The first kappa shape index (κ1) is 4.95. The maximum Gasteiger partial charge on any atom is 0.0287 e. The van der Waals surface area contributed by atoms with Gasteiger partial charge >= 0.3 is 0 Å². The summed E-state index contributed by atoms with van der Waals surface area (Å²) >= 11 is 0. The van der Waals surface area contributed by atoms with Gasteiger partial charge in [-0.15, -0.1) is 0 Å². The summed E-state index contributed by atoms with van der Waals surface area (Å²) in [5.41, 5.74) is 2.31. The summed E-state index contributed by atoms with van der Waals surface area (Å²) in [4.78, 5) is 0. The standard InChI is InChI=1S/C2H7N4O/c3-6(7)4-5-1-2-5/h4H,1-3H2/q-1. The van der Waals surface area contributed by atoms with Crippen LogP contribution in [0.3, 0.4) is 0 Å². The molecule has 0 saturated carbocycles. The van der Waals surface area contributed by atoms with Crippen LogP contribution in [0.15, 0.2) is 0 Å². The molecule has 7 heavy (non-hydrogen) atoms. The summed E-state index contributed by atoms with van der Waals surface area (Å²) < 4.78 is 0. The fraction of sp³-hybridized carbons (Fsp3) is 1.00. The van der Waals surface area contributed by atoms with Gasteiger partial charge in [-0.1, -0.05) is 0 Å². The van der Waals surface area contributed by atoms with Crippen molar-refractivity contribution in [3.63, 3.8) is 0 Å². The van der Waals surface area contributed by atoms with Gasteiger partial charge in [-0.05, 0) is 0 Å². The van der Waals surface area contributed by atoms with E-state index in [0.717, 1.165) is 13.1 Å². The fourth-order valence-corrected chi connectivity index (χ4v) is 0.289. The average molecular weight is 103 g/mol. The van der Waals surface area contributed by atoms with E-state index in [2.05, 4.69) is 11.4 Å². The topological polar surface area (TPSA) is 67.4 Å². The number of nitrogens with two attached hydrogens (primary N) is 1. The largest absolute Gasteiger partial charge is 0.757 e. The molecular formula is C2H7N4O-. The first-order valence-electron chi connectivity index (χ1n) is 2.02. The third-order valence-electron chi connectivity index (χ3n) is 0.687. The van der Waals surface area contributed by atoms with Crippen molar-refractivity contribution in [1.29, 1.82) is 0 Å². The zero-order valence-electron chi connectivity index (χ0n) is 3.79. The molecule has 0 aliphatic carbocycles. The summed E-state index contributed by atoms with van der Waals surface area (Å²) in [6, 6.07) is 0. The van der Waals surface area contributed by atoms with Crippen molar-refractivity contribution in [2.24, 2.45) is 5.84 Å². The van der Waals surface area contributed by atoms with Crippen molar-refractivity contribution in [2.75, 3.05) is 13.1 Å². The van der Waals surface area contributed by atoms with Crippen molar-refractivity contribution in [3.05, 3.63) is 5.21 Å². The predicted molar refractivity (Wildman–Crippen MR) is 24.1 cm³/mol. The smallest absolute Gasteiger partial charge is 0.0287 e. The Morgan fingerprint density at radius 1 is 1.71 bits per heavy atom. The molecule has 0 aromatic carbocycles. The van der Waals surface area contributed by atoms with Crippen LogP contribution in [-0.4, -0.2) is 23.4 Å². The summed E-state index contributed by atoms with van der Waals surface area (Å²) in [5, 5.41) is 11.7.